The second-order valence-corrected chi connectivity index (χ2v) is 7.86. The summed E-state index contributed by atoms with van der Waals surface area (Å²) in [5.41, 5.74) is 1.06. The predicted molar refractivity (Wildman–Crippen MR) is 134 cm³/mol. The first-order chi connectivity index (χ1) is 13.9. The lowest BCUT2D eigenvalue weighted by Gasteiger charge is -2.33. The van der Waals surface area contributed by atoms with Gasteiger partial charge in [0.05, 0.1) is 13.7 Å². The van der Waals surface area contributed by atoms with Crippen LogP contribution in [0.4, 0.5) is 0 Å². The molecule has 0 saturated carbocycles. The summed E-state index contributed by atoms with van der Waals surface area (Å²) in [4.78, 5) is 20.4. The van der Waals surface area contributed by atoms with E-state index in [4.69, 9.17) is 21.3 Å². The fraction of sp³-hybridized carbons (Fsp3) is 0.619. The van der Waals surface area contributed by atoms with Gasteiger partial charge in [-0.2, -0.15) is 0 Å². The number of carbonyl (C=O) groups excluding carboxylic acids is 1. The van der Waals surface area contributed by atoms with E-state index in [9.17, 15) is 4.79 Å². The number of halogens is 2. The van der Waals surface area contributed by atoms with Crippen molar-refractivity contribution in [1.29, 1.82) is 0 Å². The molecule has 1 aromatic rings. The molecule has 7 nitrogen and oxygen atoms in total. The van der Waals surface area contributed by atoms with Gasteiger partial charge in [-0.3, -0.25) is 14.7 Å². The number of guanidine groups is 1. The molecule has 9 heteroatoms. The first-order valence-corrected chi connectivity index (χ1v) is 10.6. The van der Waals surface area contributed by atoms with E-state index in [1.54, 1.807) is 26.1 Å². The predicted octanol–water partition coefficient (Wildman–Crippen LogP) is 2.62. The number of rotatable bonds is 8. The molecule has 0 spiro atoms. The number of amides is 1. The zero-order valence-electron chi connectivity index (χ0n) is 18.4. The standard InChI is InChI=1S/C21H34ClN5O2.HI/c1-5-23-21(24-11-8-16-6-7-18(29-4)14-19(16)22)25-17-9-12-27(13-10-17)15-20(28)26(2)3;/h6-7,14,17H,5,8-13,15H2,1-4H3,(H2,23,24,25);1H. The van der Waals surface area contributed by atoms with Crippen LogP contribution in [-0.2, 0) is 11.2 Å². The molecule has 1 fully saturated rings. The van der Waals surface area contributed by atoms with E-state index in [1.165, 1.54) is 0 Å². The average Bonchev–Trinajstić information content (AvgIpc) is 2.70. The molecular formula is C21H35ClIN5O2. The van der Waals surface area contributed by atoms with Crippen LogP contribution in [0.3, 0.4) is 0 Å². The molecule has 0 bridgehead atoms. The Labute approximate surface area is 202 Å². The van der Waals surface area contributed by atoms with Gasteiger partial charge in [-0.1, -0.05) is 17.7 Å². The highest BCUT2D eigenvalue weighted by Gasteiger charge is 2.22. The lowest BCUT2D eigenvalue weighted by Crippen LogP contribution is -2.50. The monoisotopic (exact) mass is 551 g/mol. The second kappa shape index (κ2) is 13.9. The van der Waals surface area contributed by atoms with Crippen LogP contribution in [0.1, 0.15) is 25.3 Å². The summed E-state index contributed by atoms with van der Waals surface area (Å²) in [6.45, 7) is 5.85. The fourth-order valence-electron chi connectivity index (χ4n) is 3.23. The molecule has 0 unspecified atom stereocenters. The van der Waals surface area contributed by atoms with Crippen molar-refractivity contribution in [1.82, 2.24) is 20.4 Å². The Morgan fingerprint density at radius 1 is 1.33 bits per heavy atom. The van der Waals surface area contributed by atoms with Crippen LogP contribution in [0, 0.1) is 0 Å². The molecule has 170 valence electrons. The number of piperidine rings is 1. The SMILES string of the molecule is CCNC(=NCCc1ccc(OC)cc1Cl)NC1CCN(CC(=O)N(C)C)CC1.I. The summed E-state index contributed by atoms with van der Waals surface area (Å²) in [5, 5.41) is 7.56. The number of hydrogen-bond acceptors (Lipinski definition) is 4. The van der Waals surface area contributed by atoms with E-state index in [0.29, 0.717) is 24.2 Å². The van der Waals surface area contributed by atoms with E-state index in [0.717, 1.165) is 56.2 Å². The molecule has 1 saturated heterocycles. The van der Waals surface area contributed by atoms with Crippen LogP contribution in [0.5, 0.6) is 5.75 Å². The largest absolute Gasteiger partial charge is 0.497 e. The quantitative estimate of drug-likeness (QED) is 0.295. The Hall–Kier alpha value is -1.26. The van der Waals surface area contributed by atoms with Crippen molar-refractivity contribution in [3.8, 4) is 5.75 Å². The van der Waals surface area contributed by atoms with Crippen LogP contribution in [0.15, 0.2) is 23.2 Å². The Kier molecular flexibility index (Phi) is 12.4. The van der Waals surface area contributed by atoms with Crippen molar-refractivity contribution in [3.05, 3.63) is 28.8 Å². The Bertz CT molecular complexity index is 694. The van der Waals surface area contributed by atoms with E-state index < -0.39 is 0 Å². The van der Waals surface area contributed by atoms with Crippen LogP contribution in [0.2, 0.25) is 5.02 Å². The Morgan fingerprint density at radius 3 is 2.60 bits per heavy atom. The number of hydrogen-bond donors (Lipinski definition) is 2. The minimum Gasteiger partial charge on any atom is -0.497 e. The van der Waals surface area contributed by atoms with Crippen molar-refractivity contribution in [3.63, 3.8) is 0 Å². The zero-order chi connectivity index (χ0) is 21.2. The maximum absolute atomic E-state index is 11.9. The molecule has 0 radical (unpaired) electrons. The Balaban J connectivity index is 0.00000450. The average molecular weight is 552 g/mol. The number of methoxy groups -OCH3 is 1. The smallest absolute Gasteiger partial charge is 0.236 e. The lowest BCUT2D eigenvalue weighted by atomic mass is 10.1. The number of nitrogens with one attached hydrogen (secondary N) is 2. The Morgan fingerprint density at radius 2 is 2.03 bits per heavy atom. The van der Waals surface area contributed by atoms with Crippen LogP contribution in [-0.4, -0.2) is 81.6 Å². The minimum absolute atomic E-state index is 0. The highest BCUT2D eigenvalue weighted by Crippen LogP contribution is 2.22. The fourth-order valence-corrected chi connectivity index (χ4v) is 3.49. The molecule has 1 aromatic carbocycles. The first-order valence-electron chi connectivity index (χ1n) is 10.2. The minimum atomic E-state index is 0. The molecule has 2 N–H and O–H groups in total. The topological polar surface area (TPSA) is 69.2 Å². The summed E-state index contributed by atoms with van der Waals surface area (Å²) < 4.78 is 5.19. The zero-order valence-corrected chi connectivity index (χ0v) is 21.5. The normalized spacial score (nSPS) is 15.3. The van der Waals surface area contributed by atoms with E-state index in [2.05, 4.69) is 22.5 Å². The molecular weight excluding hydrogens is 517 g/mol. The van der Waals surface area contributed by atoms with Gasteiger partial charge in [-0.15, -0.1) is 24.0 Å². The van der Waals surface area contributed by atoms with Gasteiger partial charge in [-0.05, 0) is 43.9 Å². The lowest BCUT2D eigenvalue weighted by molar-refractivity contribution is -0.130. The van der Waals surface area contributed by atoms with Crippen molar-refractivity contribution in [2.75, 3.05) is 53.9 Å². The number of carbonyl (C=O) groups is 1. The number of benzene rings is 1. The maximum Gasteiger partial charge on any atom is 0.236 e. The van der Waals surface area contributed by atoms with Gasteiger partial charge in [0.25, 0.3) is 0 Å². The van der Waals surface area contributed by atoms with Gasteiger partial charge in [0.1, 0.15) is 5.75 Å². The van der Waals surface area contributed by atoms with Gasteiger partial charge in [0.2, 0.25) is 5.91 Å². The molecule has 0 atom stereocenters. The third-order valence-corrected chi connectivity index (χ3v) is 5.39. The number of likely N-dealkylation sites (tertiary alicyclic amines) is 1. The number of aliphatic imine (C=N–C) groups is 1. The highest BCUT2D eigenvalue weighted by atomic mass is 127. The molecule has 1 aliphatic rings. The third-order valence-electron chi connectivity index (χ3n) is 5.04. The van der Waals surface area contributed by atoms with E-state index >= 15 is 0 Å². The van der Waals surface area contributed by atoms with Gasteiger partial charge < -0.3 is 20.3 Å². The van der Waals surface area contributed by atoms with Crippen LogP contribution >= 0.6 is 35.6 Å². The molecule has 2 rings (SSSR count). The molecule has 30 heavy (non-hydrogen) atoms. The molecule has 0 aliphatic carbocycles. The van der Waals surface area contributed by atoms with Crippen LogP contribution in [0.25, 0.3) is 0 Å². The summed E-state index contributed by atoms with van der Waals surface area (Å²) in [5.74, 6) is 1.75. The van der Waals surface area contributed by atoms with Crippen molar-refractivity contribution in [2.24, 2.45) is 4.99 Å². The number of nitrogens with zero attached hydrogens (tertiary/aromatic N) is 3. The van der Waals surface area contributed by atoms with E-state index in [1.807, 2.05) is 18.2 Å². The van der Waals surface area contributed by atoms with Crippen LogP contribution < -0.4 is 15.4 Å². The van der Waals surface area contributed by atoms with Gasteiger partial charge >= 0.3 is 0 Å². The van der Waals surface area contributed by atoms with Crippen molar-refractivity contribution >= 4 is 47.4 Å². The third kappa shape index (κ3) is 8.85. The van der Waals surface area contributed by atoms with Gasteiger partial charge in [0, 0.05) is 51.3 Å². The summed E-state index contributed by atoms with van der Waals surface area (Å²) in [6.07, 6.45) is 2.76. The molecule has 1 aliphatic heterocycles. The van der Waals surface area contributed by atoms with Crippen molar-refractivity contribution in [2.45, 2.75) is 32.2 Å². The second-order valence-electron chi connectivity index (χ2n) is 7.45. The maximum atomic E-state index is 11.9. The summed E-state index contributed by atoms with van der Waals surface area (Å²) >= 11 is 6.32. The number of likely N-dealkylation sites (N-methyl/N-ethyl adjacent to an activating group) is 1. The van der Waals surface area contributed by atoms with Crippen molar-refractivity contribution < 1.29 is 9.53 Å². The van der Waals surface area contributed by atoms with Gasteiger partial charge in [-0.25, -0.2) is 0 Å². The number of ether oxygens (including phenoxy) is 1. The first kappa shape index (κ1) is 26.8. The molecule has 1 heterocycles. The molecule has 1 amide bonds. The highest BCUT2D eigenvalue weighted by molar-refractivity contribution is 14.0. The molecule has 0 aromatic heterocycles. The summed E-state index contributed by atoms with van der Waals surface area (Å²) in [7, 11) is 5.23. The van der Waals surface area contributed by atoms with Gasteiger partial charge in [0.15, 0.2) is 5.96 Å². The summed E-state index contributed by atoms with van der Waals surface area (Å²) in [6, 6.07) is 6.10. The van der Waals surface area contributed by atoms with E-state index in [-0.39, 0.29) is 29.9 Å².